The normalized spacial score (nSPS) is 16.8. The van der Waals surface area contributed by atoms with E-state index in [1.165, 1.54) is 51.2 Å². The molecule has 0 N–H and O–H groups in total. The molecule has 1 saturated carbocycles. The molecule has 0 saturated heterocycles. The molecule has 0 amide bonds. The number of nitrogens with zero attached hydrogens (tertiary/aromatic N) is 1. The first-order valence-corrected chi connectivity index (χ1v) is 8.48. The molecule has 0 aromatic heterocycles. The summed E-state index contributed by atoms with van der Waals surface area (Å²) in [7, 11) is 3.61. The molecule has 0 spiro atoms. The van der Waals surface area contributed by atoms with Crippen LogP contribution in [0.2, 0.25) is 0 Å². The summed E-state index contributed by atoms with van der Waals surface area (Å²) < 4.78 is 5.73. The van der Waals surface area contributed by atoms with Gasteiger partial charge < -0.3 is 4.74 Å². The van der Waals surface area contributed by atoms with E-state index in [0.717, 1.165) is 11.0 Å². The number of hydrogen-bond acceptors (Lipinski definition) is 3. The lowest BCUT2D eigenvalue weighted by Crippen LogP contribution is -2.30. The van der Waals surface area contributed by atoms with Gasteiger partial charge in [0.25, 0.3) is 0 Å². The fourth-order valence-corrected chi connectivity index (χ4v) is 3.52. The van der Waals surface area contributed by atoms with Gasteiger partial charge in [0.1, 0.15) is 0 Å². The number of carbonyl (C=O) groups excluding carboxylic acids is 1. The van der Waals surface area contributed by atoms with E-state index in [9.17, 15) is 4.79 Å². The molecule has 0 bridgehead atoms. The van der Waals surface area contributed by atoms with E-state index < -0.39 is 0 Å². The van der Waals surface area contributed by atoms with Crippen LogP contribution >= 0.6 is 15.9 Å². The Bertz CT molecular complexity index is 482. The van der Waals surface area contributed by atoms with Crippen molar-refractivity contribution in [2.45, 2.75) is 51.1 Å². The highest BCUT2D eigenvalue weighted by Gasteiger charge is 2.18. The van der Waals surface area contributed by atoms with Crippen LogP contribution in [0.25, 0.3) is 0 Å². The van der Waals surface area contributed by atoms with Crippen molar-refractivity contribution in [3.05, 3.63) is 33.8 Å². The van der Waals surface area contributed by atoms with Crippen LogP contribution in [0.1, 0.15) is 54.4 Å². The second kappa shape index (κ2) is 7.95. The molecular weight excluding hydrogens is 330 g/mol. The summed E-state index contributed by atoms with van der Waals surface area (Å²) in [5.41, 5.74) is 1.81. The maximum Gasteiger partial charge on any atom is 0.337 e. The van der Waals surface area contributed by atoms with Gasteiger partial charge in [0.15, 0.2) is 0 Å². The number of methoxy groups -OCH3 is 1. The van der Waals surface area contributed by atoms with Gasteiger partial charge in [-0.2, -0.15) is 0 Å². The molecule has 1 aliphatic rings. The predicted octanol–water partition coefficient (Wildman–Crippen LogP) is 4.39. The number of ether oxygens (including phenoxy) is 1. The number of benzene rings is 1. The lowest BCUT2D eigenvalue weighted by atomic mass is 10.1. The van der Waals surface area contributed by atoms with Gasteiger partial charge in [-0.05, 0) is 37.6 Å². The van der Waals surface area contributed by atoms with Gasteiger partial charge in [-0.1, -0.05) is 47.7 Å². The molecule has 0 atom stereocenters. The van der Waals surface area contributed by atoms with E-state index in [1.54, 1.807) is 0 Å². The third kappa shape index (κ3) is 4.55. The van der Waals surface area contributed by atoms with Crippen LogP contribution in [-0.4, -0.2) is 31.1 Å². The smallest absolute Gasteiger partial charge is 0.337 e. The molecule has 0 unspecified atom stereocenters. The predicted molar refractivity (Wildman–Crippen MR) is 88.4 cm³/mol. The van der Waals surface area contributed by atoms with E-state index in [1.807, 2.05) is 18.2 Å². The minimum absolute atomic E-state index is 0.292. The number of rotatable bonds is 4. The summed E-state index contributed by atoms with van der Waals surface area (Å²) in [5, 5.41) is 0. The molecule has 116 valence electrons. The molecule has 3 nitrogen and oxygen atoms in total. The summed E-state index contributed by atoms with van der Waals surface area (Å²) in [5.74, 6) is -0.292. The van der Waals surface area contributed by atoms with Gasteiger partial charge in [-0.3, -0.25) is 4.90 Å². The Morgan fingerprint density at radius 3 is 2.52 bits per heavy atom. The first-order valence-electron chi connectivity index (χ1n) is 7.69. The minimum Gasteiger partial charge on any atom is -0.465 e. The van der Waals surface area contributed by atoms with Crippen molar-refractivity contribution in [2.75, 3.05) is 14.2 Å². The van der Waals surface area contributed by atoms with Gasteiger partial charge >= 0.3 is 5.97 Å². The largest absolute Gasteiger partial charge is 0.465 e. The monoisotopic (exact) mass is 353 g/mol. The van der Waals surface area contributed by atoms with Crippen LogP contribution in [0.4, 0.5) is 0 Å². The van der Waals surface area contributed by atoms with Crippen LogP contribution in [0.5, 0.6) is 0 Å². The average molecular weight is 354 g/mol. The molecule has 0 radical (unpaired) electrons. The summed E-state index contributed by atoms with van der Waals surface area (Å²) in [6.07, 6.45) is 8.04. The fourth-order valence-electron chi connectivity index (χ4n) is 3.02. The van der Waals surface area contributed by atoms with Gasteiger partial charge in [0, 0.05) is 17.1 Å². The summed E-state index contributed by atoms with van der Waals surface area (Å²) >= 11 is 3.58. The van der Waals surface area contributed by atoms with Crippen molar-refractivity contribution in [1.82, 2.24) is 4.90 Å². The van der Waals surface area contributed by atoms with Crippen molar-refractivity contribution >= 4 is 21.9 Å². The van der Waals surface area contributed by atoms with Crippen molar-refractivity contribution in [1.29, 1.82) is 0 Å². The zero-order valence-corrected chi connectivity index (χ0v) is 14.5. The second-order valence-corrected chi connectivity index (χ2v) is 6.71. The Kier molecular flexibility index (Phi) is 6.24. The second-order valence-electron chi connectivity index (χ2n) is 5.86. The SMILES string of the molecule is COC(=O)c1ccc(CN(C)C2CCCCCC2)c(Br)c1. The van der Waals surface area contributed by atoms with Gasteiger partial charge in [0.2, 0.25) is 0 Å². The van der Waals surface area contributed by atoms with E-state index in [2.05, 4.69) is 27.9 Å². The first-order chi connectivity index (χ1) is 10.1. The van der Waals surface area contributed by atoms with Gasteiger partial charge in [0.05, 0.1) is 12.7 Å². The highest BCUT2D eigenvalue weighted by Crippen LogP contribution is 2.25. The zero-order chi connectivity index (χ0) is 15.2. The highest BCUT2D eigenvalue weighted by atomic mass is 79.9. The molecule has 1 aromatic rings. The molecule has 21 heavy (non-hydrogen) atoms. The Morgan fingerprint density at radius 1 is 1.29 bits per heavy atom. The van der Waals surface area contributed by atoms with Gasteiger partial charge in [-0.25, -0.2) is 4.79 Å². The Balaban J connectivity index is 2.03. The third-order valence-corrected chi connectivity index (χ3v) is 5.08. The van der Waals surface area contributed by atoms with Crippen LogP contribution in [0, 0.1) is 0 Å². The molecule has 1 aliphatic carbocycles. The molecule has 0 aliphatic heterocycles. The fraction of sp³-hybridized carbons (Fsp3) is 0.588. The van der Waals surface area contributed by atoms with Crippen LogP contribution in [-0.2, 0) is 11.3 Å². The average Bonchev–Trinajstić information content (AvgIpc) is 2.77. The van der Waals surface area contributed by atoms with E-state index in [-0.39, 0.29) is 5.97 Å². The van der Waals surface area contributed by atoms with Crippen molar-refractivity contribution < 1.29 is 9.53 Å². The van der Waals surface area contributed by atoms with E-state index in [4.69, 9.17) is 4.74 Å². The summed E-state index contributed by atoms with van der Waals surface area (Å²) in [6.45, 7) is 0.909. The molecule has 4 heteroatoms. The standard InChI is InChI=1S/C17H24BrNO2/c1-19(15-7-5-3-4-6-8-15)12-14-10-9-13(11-16(14)18)17(20)21-2/h9-11,15H,3-8,12H2,1-2H3. The van der Waals surface area contributed by atoms with Crippen molar-refractivity contribution in [3.8, 4) is 0 Å². The number of carbonyl (C=O) groups is 1. The third-order valence-electron chi connectivity index (χ3n) is 4.34. The maximum absolute atomic E-state index is 11.5. The van der Waals surface area contributed by atoms with E-state index >= 15 is 0 Å². The lowest BCUT2D eigenvalue weighted by Gasteiger charge is -2.27. The number of halogens is 1. The van der Waals surface area contributed by atoms with Gasteiger partial charge in [-0.15, -0.1) is 0 Å². The quantitative estimate of drug-likeness (QED) is 0.593. The van der Waals surface area contributed by atoms with Crippen LogP contribution < -0.4 is 0 Å². The Hall–Kier alpha value is -0.870. The molecule has 1 fully saturated rings. The topological polar surface area (TPSA) is 29.5 Å². The zero-order valence-electron chi connectivity index (χ0n) is 12.9. The minimum atomic E-state index is -0.292. The van der Waals surface area contributed by atoms with Crippen LogP contribution in [0.3, 0.4) is 0 Å². The lowest BCUT2D eigenvalue weighted by molar-refractivity contribution is 0.0600. The van der Waals surface area contributed by atoms with E-state index in [0.29, 0.717) is 11.6 Å². The molecular formula is C17H24BrNO2. The molecule has 2 rings (SSSR count). The highest BCUT2D eigenvalue weighted by molar-refractivity contribution is 9.10. The van der Waals surface area contributed by atoms with Crippen molar-refractivity contribution in [2.24, 2.45) is 0 Å². The summed E-state index contributed by atoms with van der Waals surface area (Å²) in [4.78, 5) is 14.0. The Morgan fingerprint density at radius 2 is 1.95 bits per heavy atom. The number of esters is 1. The maximum atomic E-state index is 11.5. The van der Waals surface area contributed by atoms with Crippen molar-refractivity contribution in [3.63, 3.8) is 0 Å². The first kappa shape index (κ1) is 16.5. The molecule has 1 aromatic carbocycles. The Labute approximate surface area is 135 Å². The van der Waals surface area contributed by atoms with Crippen LogP contribution in [0.15, 0.2) is 22.7 Å². The summed E-state index contributed by atoms with van der Waals surface area (Å²) in [6, 6.07) is 6.39. The number of hydrogen-bond donors (Lipinski definition) is 0. The molecule has 0 heterocycles.